The molecule has 1 heterocycles. The number of anilines is 3. The lowest BCUT2D eigenvalue weighted by Gasteiger charge is -2.24. The third kappa shape index (κ3) is 5.97. The van der Waals surface area contributed by atoms with Crippen molar-refractivity contribution in [2.24, 2.45) is 0 Å². The summed E-state index contributed by atoms with van der Waals surface area (Å²) in [6, 6.07) is 12.8. The molecule has 1 aliphatic rings. The molecule has 1 saturated heterocycles. The minimum Gasteiger partial charge on any atom is -0.497 e. The smallest absolute Gasteiger partial charge is 0.254 e. The fourth-order valence-electron chi connectivity index (χ4n) is 3.66. The molecule has 0 aromatic heterocycles. The van der Waals surface area contributed by atoms with Crippen LogP contribution in [0.25, 0.3) is 0 Å². The highest BCUT2D eigenvalue weighted by molar-refractivity contribution is 6.00. The summed E-state index contributed by atoms with van der Waals surface area (Å²) in [5.41, 5.74) is 2.46. The van der Waals surface area contributed by atoms with E-state index in [0.717, 1.165) is 24.4 Å². The first kappa shape index (κ1) is 22.1. The van der Waals surface area contributed by atoms with Crippen molar-refractivity contribution < 1.29 is 19.1 Å². The summed E-state index contributed by atoms with van der Waals surface area (Å²) in [5, 5.41) is 5.37. The maximum Gasteiger partial charge on any atom is 0.254 e. The zero-order valence-electron chi connectivity index (χ0n) is 18.1. The van der Waals surface area contributed by atoms with Crippen LogP contribution in [0.3, 0.4) is 0 Å². The number of ether oxygens (including phenoxy) is 1. The number of rotatable bonds is 5. The number of methoxy groups -OCH3 is 1. The highest BCUT2D eigenvalue weighted by Gasteiger charge is 2.21. The highest BCUT2D eigenvalue weighted by atomic mass is 16.5. The molecule has 2 aromatic rings. The van der Waals surface area contributed by atoms with Crippen LogP contribution in [0.2, 0.25) is 0 Å². The SMILES string of the molecule is COc1ccc(N2CCCN(C(=O)c3cc(NC(C)=O)cc(NC(C)=O)c3)CC2)cc1. The number of hydrogen-bond acceptors (Lipinski definition) is 5. The summed E-state index contributed by atoms with van der Waals surface area (Å²) in [4.78, 5) is 40.2. The van der Waals surface area contributed by atoms with Gasteiger partial charge in [0.1, 0.15) is 5.75 Å². The summed E-state index contributed by atoms with van der Waals surface area (Å²) in [5.74, 6) is 0.186. The largest absolute Gasteiger partial charge is 0.497 e. The lowest BCUT2D eigenvalue weighted by atomic mass is 10.1. The Morgan fingerprint density at radius 1 is 0.839 bits per heavy atom. The predicted octanol–water partition coefficient (Wildman–Crippen LogP) is 2.96. The van der Waals surface area contributed by atoms with Crippen molar-refractivity contribution in [2.75, 3.05) is 48.8 Å². The summed E-state index contributed by atoms with van der Waals surface area (Å²) >= 11 is 0. The maximum atomic E-state index is 13.2. The molecule has 1 fully saturated rings. The van der Waals surface area contributed by atoms with Crippen LogP contribution in [0.5, 0.6) is 5.75 Å². The predicted molar refractivity (Wildman–Crippen MR) is 121 cm³/mol. The van der Waals surface area contributed by atoms with E-state index in [1.807, 2.05) is 29.2 Å². The molecule has 1 aliphatic heterocycles. The van der Waals surface area contributed by atoms with Crippen LogP contribution in [-0.2, 0) is 9.59 Å². The van der Waals surface area contributed by atoms with Gasteiger partial charge in [0, 0.05) is 62.7 Å². The molecule has 0 radical (unpaired) electrons. The van der Waals surface area contributed by atoms with Crippen LogP contribution in [0.4, 0.5) is 17.1 Å². The molecule has 164 valence electrons. The van der Waals surface area contributed by atoms with Crippen LogP contribution in [-0.4, -0.2) is 55.9 Å². The minimum absolute atomic E-state index is 0.129. The van der Waals surface area contributed by atoms with E-state index in [0.29, 0.717) is 36.6 Å². The number of nitrogens with zero attached hydrogens (tertiary/aromatic N) is 2. The number of nitrogens with one attached hydrogen (secondary N) is 2. The molecule has 3 amide bonds. The van der Waals surface area contributed by atoms with Crippen LogP contribution in [0, 0.1) is 0 Å². The lowest BCUT2D eigenvalue weighted by molar-refractivity contribution is -0.115. The van der Waals surface area contributed by atoms with Crippen LogP contribution in [0.15, 0.2) is 42.5 Å². The first-order valence-electron chi connectivity index (χ1n) is 10.2. The normalized spacial score (nSPS) is 13.9. The van der Waals surface area contributed by atoms with Gasteiger partial charge in [0.05, 0.1) is 7.11 Å². The monoisotopic (exact) mass is 424 g/mol. The van der Waals surface area contributed by atoms with Crippen molar-refractivity contribution in [3.63, 3.8) is 0 Å². The zero-order chi connectivity index (χ0) is 22.4. The topological polar surface area (TPSA) is 91.0 Å². The quantitative estimate of drug-likeness (QED) is 0.770. The van der Waals surface area contributed by atoms with Gasteiger partial charge in [-0.15, -0.1) is 0 Å². The van der Waals surface area contributed by atoms with Crippen LogP contribution in [0.1, 0.15) is 30.6 Å². The molecule has 2 aromatic carbocycles. The maximum absolute atomic E-state index is 13.2. The number of carbonyl (C=O) groups is 3. The molecule has 0 bridgehead atoms. The number of hydrogen-bond donors (Lipinski definition) is 2. The first-order valence-corrected chi connectivity index (χ1v) is 10.2. The average molecular weight is 425 g/mol. The molecule has 0 saturated carbocycles. The van der Waals surface area contributed by atoms with Crippen LogP contribution < -0.4 is 20.3 Å². The van der Waals surface area contributed by atoms with Crippen molar-refractivity contribution in [1.29, 1.82) is 0 Å². The molecule has 0 aliphatic carbocycles. The van der Waals surface area contributed by atoms with Crippen molar-refractivity contribution in [2.45, 2.75) is 20.3 Å². The Bertz CT molecular complexity index is 924. The number of amides is 3. The van der Waals surface area contributed by atoms with E-state index in [4.69, 9.17) is 4.74 Å². The number of carbonyl (C=O) groups excluding carboxylic acids is 3. The molecule has 31 heavy (non-hydrogen) atoms. The van der Waals surface area contributed by atoms with Crippen molar-refractivity contribution >= 4 is 34.8 Å². The summed E-state index contributed by atoms with van der Waals surface area (Å²) in [6.45, 7) is 5.56. The Labute approximate surface area is 182 Å². The second kappa shape index (κ2) is 9.97. The molecule has 8 nitrogen and oxygen atoms in total. The van der Waals surface area contributed by atoms with Gasteiger partial charge in [-0.3, -0.25) is 14.4 Å². The van der Waals surface area contributed by atoms with E-state index in [1.165, 1.54) is 13.8 Å². The van der Waals surface area contributed by atoms with Crippen molar-refractivity contribution in [3.8, 4) is 5.75 Å². The number of benzene rings is 2. The molecule has 0 unspecified atom stereocenters. The standard InChI is InChI=1S/C23H28N4O4/c1-16(28)24-19-13-18(14-20(15-19)25-17(2)29)23(30)27-10-4-9-26(11-12-27)21-5-7-22(31-3)8-6-21/h5-8,13-15H,4,9-12H2,1-3H3,(H,24,28)(H,25,29). The van der Waals surface area contributed by atoms with Crippen LogP contribution >= 0.6 is 0 Å². The van der Waals surface area contributed by atoms with Gasteiger partial charge in [-0.25, -0.2) is 0 Å². The second-order valence-electron chi connectivity index (χ2n) is 7.49. The van der Waals surface area contributed by atoms with Gasteiger partial charge >= 0.3 is 0 Å². The molecule has 3 rings (SSSR count). The van der Waals surface area contributed by atoms with Gasteiger partial charge < -0.3 is 25.2 Å². The van der Waals surface area contributed by atoms with Crippen molar-refractivity contribution in [1.82, 2.24) is 4.90 Å². The Hall–Kier alpha value is -3.55. The Kier molecular flexibility index (Phi) is 7.12. The van der Waals surface area contributed by atoms with E-state index in [9.17, 15) is 14.4 Å². The summed E-state index contributed by atoms with van der Waals surface area (Å²) in [7, 11) is 1.64. The third-order valence-electron chi connectivity index (χ3n) is 5.04. The molecule has 0 atom stereocenters. The van der Waals surface area contributed by atoms with Gasteiger partial charge in [-0.1, -0.05) is 0 Å². The van der Waals surface area contributed by atoms with E-state index in [-0.39, 0.29) is 17.7 Å². The van der Waals surface area contributed by atoms with Gasteiger partial charge in [0.15, 0.2) is 0 Å². The third-order valence-corrected chi connectivity index (χ3v) is 5.04. The lowest BCUT2D eigenvalue weighted by Crippen LogP contribution is -2.35. The second-order valence-corrected chi connectivity index (χ2v) is 7.49. The fourth-order valence-corrected chi connectivity index (χ4v) is 3.66. The van der Waals surface area contributed by atoms with Crippen molar-refractivity contribution in [3.05, 3.63) is 48.0 Å². The average Bonchev–Trinajstić information content (AvgIpc) is 2.98. The van der Waals surface area contributed by atoms with Gasteiger partial charge in [0.2, 0.25) is 11.8 Å². The molecule has 0 spiro atoms. The molecular weight excluding hydrogens is 396 g/mol. The first-order chi connectivity index (χ1) is 14.9. The van der Waals surface area contributed by atoms with Gasteiger partial charge in [-0.05, 0) is 48.9 Å². The molecule has 8 heteroatoms. The Morgan fingerprint density at radius 3 is 2.00 bits per heavy atom. The molecule has 2 N–H and O–H groups in total. The summed E-state index contributed by atoms with van der Waals surface area (Å²) in [6.07, 6.45) is 0.835. The van der Waals surface area contributed by atoms with E-state index < -0.39 is 0 Å². The zero-order valence-corrected chi connectivity index (χ0v) is 18.1. The highest BCUT2D eigenvalue weighted by Crippen LogP contribution is 2.23. The van der Waals surface area contributed by atoms with Gasteiger partial charge in [0.25, 0.3) is 5.91 Å². The van der Waals surface area contributed by atoms with E-state index in [2.05, 4.69) is 15.5 Å². The minimum atomic E-state index is -0.247. The van der Waals surface area contributed by atoms with Gasteiger partial charge in [-0.2, -0.15) is 0 Å². The summed E-state index contributed by atoms with van der Waals surface area (Å²) < 4.78 is 5.22. The molecular formula is C23H28N4O4. The Balaban J connectivity index is 1.75. The Morgan fingerprint density at radius 2 is 1.45 bits per heavy atom. The fraction of sp³-hybridized carbons (Fsp3) is 0.348. The van der Waals surface area contributed by atoms with E-state index in [1.54, 1.807) is 25.3 Å². The van der Waals surface area contributed by atoms with E-state index >= 15 is 0 Å².